The second-order valence-electron chi connectivity index (χ2n) is 2.90. The second-order valence-corrected chi connectivity index (χ2v) is 3.75. The van der Waals surface area contributed by atoms with Crippen LogP contribution in [0.3, 0.4) is 0 Å². The van der Waals surface area contributed by atoms with Crippen molar-refractivity contribution < 1.29 is 14.4 Å². The van der Waals surface area contributed by atoms with Gasteiger partial charge in [0.2, 0.25) is 0 Å². The van der Waals surface area contributed by atoms with E-state index in [0.717, 1.165) is 6.26 Å². The smallest absolute Gasteiger partial charge is 0.315 e. The summed E-state index contributed by atoms with van der Waals surface area (Å²) in [4.78, 5) is 10.7. The molecule has 2 aromatic rings. The van der Waals surface area contributed by atoms with Gasteiger partial charge in [-0.1, -0.05) is 0 Å². The van der Waals surface area contributed by atoms with Gasteiger partial charge in [-0.05, 0) is 18.4 Å². The average molecular weight is 225 g/mol. The summed E-state index contributed by atoms with van der Waals surface area (Å²) in [6, 6.07) is 2.94. The number of aromatic hydroxyl groups is 1. The number of fused-ring (bicyclic) bond motifs is 1. The first kappa shape index (κ1) is 9.85. The predicted molar refractivity (Wildman–Crippen MR) is 56.3 cm³/mol. The van der Waals surface area contributed by atoms with Crippen LogP contribution in [0.1, 0.15) is 0 Å². The molecule has 1 N–H and O–H groups in total. The summed E-state index contributed by atoms with van der Waals surface area (Å²) in [6.45, 7) is 0. The first-order chi connectivity index (χ1) is 7.13. The Kier molecular flexibility index (Phi) is 2.28. The zero-order valence-electron chi connectivity index (χ0n) is 7.76. The Hall–Kier alpha value is -1.69. The summed E-state index contributed by atoms with van der Waals surface area (Å²) in [5.74, 6) is 0.0273. The van der Waals surface area contributed by atoms with Gasteiger partial charge in [0.1, 0.15) is 16.7 Å². The van der Waals surface area contributed by atoms with E-state index in [1.807, 2.05) is 0 Å². The molecule has 5 nitrogen and oxygen atoms in total. The lowest BCUT2D eigenvalue weighted by molar-refractivity contribution is -0.383. The lowest BCUT2D eigenvalue weighted by Crippen LogP contribution is -1.85. The van der Waals surface area contributed by atoms with Gasteiger partial charge < -0.3 is 9.52 Å². The number of nitro groups is 1. The molecule has 1 aromatic carbocycles. The van der Waals surface area contributed by atoms with E-state index >= 15 is 0 Å². The van der Waals surface area contributed by atoms with Crippen LogP contribution in [0.2, 0.25) is 0 Å². The van der Waals surface area contributed by atoms with Crippen molar-refractivity contribution >= 4 is 28.4 Å². The van der Waals surface area contributed by atoms with Gasteiger partial charge in [-0.3, -0.25) is 10.1 Å². The lowest BCUT2D eigenvalue weighted by Gasteiger charge is -1.99. The number of hydrogen-bond acceptors (Lipinski definition) is 5. The first-order valence-corrected chi connectivity index (χ1v) is 5.28. The van der Waals surface area contributed by atoms with E-state index in [4.69, 9.17) is 4.42 Å². The third kappa shape index (κ3) is 1.52. The van der Waals surface area contributed by atoms with Gasteiger partial charge >= 0.3 is 5.69 Å². The molecule has 0 radical (unpaired) electrons. The van der Waals surface area contributed by atoms with Gasteiger partial charge in [-0.2, -0.15) is 0 Å². The second kappa shape index (κ2) is 3.47. The summed E-state index contributed by atoms with van der Waals surface area (Å²) >= 11 is 1.35. The monoisotopic (exact) mass is 225 g/mol. The van der Waals surface area contributed by atoms with E-state index in [1.54, 1.807) is 12.3 Å². The Balaban J connectivity index is 2.73. The maximum Gasteiger partial charge on any atom is 0.315 e. The fourth-order valence-corrected chi connectivity index (χ4v) is 1.83. The van der Waals surface area contributed by atoms with Crippen molar-refractivity contribution in [3.8, 4) is 5.75 Å². The molecular formula is C9H7NO4S. The molecule has 0 saturated carbocycles. The van der Waals surface area contributed by atoms with Crippen LogP contribution in [0, 0.1) is 10.1 Å². The van der Waals surface area contributed by atoms with Crippen molar-refractivity contribution in [1.82, 2.24) is 0 Å². The number of nitrogens with zero attached hydrogens (tertiary/aromatic N) is 1. The number of hydrogen-bond donors (Lipinski definition) is 1. The molecule has 0 aliphatic carbocycles. The Morgan fingerprint density at radius 2 is 2.27 bits per heavy atom. The van der Waals surface area contributed by atoms with Crippen LogP contribution in [0.5, 0.6) is 5.75 Å². The quantitative estimate of drug-likeness (QED) is 0.483. The fourth-order valence-electron chi connectivity index (χ4n) is 1.34. The van der Waals surface area contributed by atoms with E-state index in [0.29, 0.717) is 15.9 Å². The molecule has 0 aliphatic heterocycles. The van der Waals surface area contributed by atoms with Crippen LogP contribution in [-0.2, 0) is 0 Å². The summed E-state index contributed by atoms with van der Waals surface area (Å²) in [5.41, 5.74) is 0.275. The van der Waals surface area contributed by atoms with Crippen LogP contribution in [-0.4, -0.2) is 16.3 Å². The van der Waals surface area contributed by atoms with Crippen LogP contribution < -0.4 is 0 Å². The molecule has 0 aliphatic rings. The number of benzene rings is 1. The number of phenols is 1. The largest absolute Gasteiger partial charge is 0.507 e. The molecule has 1 aromatic heterocycles. The maximum atomic E-state index is 10.6. The van der Waals surface area contributed by atoms with Crippen LogP contribution in [0.25, 0.3) is 11.0 Å². The molecule has 0 amide bonds. The van der Waals surface area contributed by atoms with Gasteiger partial charge in [-0.15, -0.1) is 11.8 Å². The van der Waals surface area contributed by atoms with Gasteiger partial charge in [-0.25, -0.2) is 0 Å². The van der Waals surface area contributed by atoms with Crippen molar-refractivity contribution in [1.29, 1.82) is 0 Å². The molecule has 78 valence electrons. The highest BCUT2D eigenvalue weighted by molar-refractivity contribution is 7.98. The molecule has 1 heterocycles. The third-order valence-corrected chi connectivity index (χ3v) is 2.82. The van der Waals surface area contributed by atoms with Crippen molar-refractivity contribution in [2.75, 3.05) is 6.26 Å². The average Bonchev–Trinajstić information content (AvgIpc) is 2.59. The predicted octanol–water partition coefficient (Wildman–Crippen LogP) is 2.77. The van der Waals surface area contributed by atoms with E-state index in [2.05, 4.69) is 0 Å². The minimum absolute atomic E-state index is 0.0273. The Bertz CT molecular complexity index is 534. The van der Waals surface area contributed by atoms with Gasteiger partial charge in [0.15, 0.2) is 6.26 Å². The van der Waals surface area contributed by atoms with Gasteiger partial charge in [0, 0.05) is 0 Å². The minimum Gasteiger partial charge on any atom is -0.507 e. The molecule has 0 unspecified atom stereocenters. The molecule has 0 fully saturated rings. The summed E-state index contributed by atoms with van der Waals surface area (Å²) in [5, 5.41) is 20.5. The molecule has 15 heavy (non-hydrogen) atoms. The molecule has 0 bridgehead atoms. The highest BCUT2D eigenvalue weighted by atomic mass is 32.2. The Morgan fingerprint density at radius 3 is 2.87 bits per heavy atom. The zero-order valence-corrected chi connectivity index (χ0v) is 8.58. The Labute approximate surface area is 88.8 Å². The van der Waals surface area contributed by atoms with Gasteiger partial charge in [0.05, 0.1) is 9.82 Å². The number of phenolic OH excluding ortho intramolecular Hbond substituents is 1. The minimum atomic E-state index is -0.538. The molecule has 0 saturated heterocycles. The number of rotatable bonds is 2. The van der Waals surface area contributed by atoms with Crippen molar-refractivity contribution in [2.24, 2.45) is 0 Å². The third-order valence-electron chi connectivity index (χ3n) is 2.05. The topological polar surface area (TPSA) is 76.5 Å². The van der Waals surface area contributed by atoms with Crippen LogP contribution in [0.15, 0.2) is 27.7 Å². The highest BCUT2D eigenvalue weighted by Crippen LogP contribution is 2.36. The van der Waals surface area contributed by atoms with Crippen molar-refractivity contribution in [3.05, 3.63) is 28.5 Å². The molecule has 6 heteroatoms. The van der Waals surface area contributed by atoms with Crippen LogP contribution in [0.4, 0.5) is 5.69 Å². The maximum absolute atomic E-state index is 10.6. The molecule has 0 atom stereocenters. The SMILES string of the molecule is CSc1cc2occ([N+](=O)[O-])c2cc1O. The lowest BCUT2D eigenvalue weighted by atomic mass is 10.2. The fraction of sp³-hybridized carbons (Fsp3) is 0.111. The summed E-state index contributed by atoms with van der Waals surface area (Å²) in [6.07, 6.45) is 2.88. The van der Waals surface area contributed by atoms with Gasteiger partial charge in [0.25, 0.3) is 0 Å². The van der Waals surface area contributed by atoms with E-state index in [9.17, 15) is 15.2 Å². The molecular weight excluding hydrogens is 218 g/mol. The van der Waals surface area contributed by atoms with E-state index < -0.39 is 4.92 Å². The first-order valence-electron chi connectivity index (χ1n) is 4.06. The zero-order chi connectivity index (χ0) is 11.0. The van der Waals surface area contributed by atoms with E-state index in [-0.39, 0.29) is 11.4 Å². The highest BCUT2D eigenvalue weighted by Gasteiger charge is 2.17. The van der Waals surface area contributed by atoms with Crippen molar-refractivity contribution in [2.45, 2.75) is 4.90 Å². The number of thioether (sulfide) groups is 1. The van der Waals surface area contributed by atoms with Crippen molar-refractivity contribution in [3.63, 3.8) is 0 Å². The Morgan fingerprint density at radius 1 is 1.53 bits per heavy atom. The molecule has 0 spiro atoms. The summed E-state index contributed by atoms with van der Waals surface area (Å²) < 4.78 is 5.04. The molecule has 2 rings (SSSR count). The standard InChI is InChI=1S/C9H7NO4S/c1-15-9-3-8-5(2-7(9)11)6(4-14-8)10(12)13/h2-4,11H,1H3. The normalized spacial score (nSPS) is 10.7. The van der Waals surface area contributed by atoms with E-state index in [1.165, 1.54) is 17.8 Å². The summed E-state index contributed by atoms with van der Waals surface area (Å²) in [7, 11) is 0. The van der Waals surface area contributed by atoms with Crippen LogP contribution >= 0.6 is 11.8 Å². The number of furan rings is 1.